The lowest BCUT2D eigenvalue weighted by atomic mass is 9.97. The molecule has 0 aliphatic rings. The first kappa shape index (κ1) is 15.8. The van der Waals surface area contributed by atoms with Crippen molar-refractivity contribution in [3.8, 4) is 5.75 Å². The third-order valence-electron chi connectivity index (χ3n) is 3.35. The Morgan fingerprint density at radius 2 is 1.86 bits per heavy atom. The summed E-state index contributed by atoms with van der Waals surface area (Å²) in [7, 11) is 1.68. The van der Waals surface area contributed by atoms with Crippen LogP contribution in [0.4, 0.5) is 0 Å². The minimum atomic E-state index is 0.0315. The maximum absolute atomic E-state index is 6.17. The van der Waals surface area contributed by atoms with Gasteiger partial charge in [0, 0.05) is 22.0 Å². The van der Waals surface area contributed by atoms with Gasteiger partial charge in [-0.05, 0) is 56.3 Å². The summed E-state index contributed by atoms with van der Waals surface area (Å²) in [4.78, 5) is 4.45. The molecule has 0 bridgehead atoms. The predicted octanol–water partition coefficient (Wildman–Crippen LogP) is 4.06. The molecule has 0 fully saturated rings. The Bertz CT molecular complexity index is 608. The van der Waals surface area contributed by atoms with E-state index < -0.39 is 0 Å². The molecule has 0 saturated carbocycles. The molecule has 112 valence electrons. The van der Waals surface area contributed by atoms with Gasteiger partial charge >= 0.3 is 0 Å². The highest BCUT2D eigenvalue weighted by Gasteiger charge is 2.18. The second-order valence-electron chi connectivity index (χ2n) is 5.06. The molecule has 1 heterocycles. The first-order valence-electron chi connectivity index (χ1n) is 7.07. The van der Waals surface area contributed by atoms with Crippen molar-refractivity contribution in [2.24, 2.45) is 0 Å². The molecular formula is C17H21ClN2O. The summed E-state index contributed by atoms with van der Waals surface area (Å²) < 4.78 is 5.50. The van der Waals surface area contributed by atoms with Gasteiger partial charge in [-0.3, -0.25) is 4.98 Å². The Morgan fingerprint density at radius 3 is 2.43 bits per heavy atom. The highest BCUT2D eigenvalue weighted by atomic mass is 35.5. The summed E-state index contributed by atoms with van der Waals surface area (Å²) in [6.07, 6.45) is 0. The molecule has 0 aliphatic heterocycles. The van der Waals surface area contributed by atoms with E-state index in [1.165, 1.54) is 5.56 Å². The standard InChI is InChI=1S/C17H21ClN2O/c1-5-19-17(13-8-11(2)20-12(3)9-13)15-10-14(18)6-7-16(15)21-4/h6-10,17,19H,5H2,1-4H3. The highest BCUT2D eigenvalue weighted by molar-refractivity contribution is 6.30. The number of aromatic nitrogens is 1. The van der Waals surface area contributed by atoms with Gasteiger partial charge in [0.1, 0.15) is 5.75 Å². The van der Waals surface area contributed by atoms with E-state index in [1.807, 2.05) is 32.0 Å². The molecule has 1 atom stereocenters. The summed E-state index contributed by atoms with van der Waals surface area (Å²) in [5, 5.41) is 4.21. The van der Waals surface area contributed by atoms with Gasteiger partial charge in [0.25, 0.3) is 0 Å². The third kappa shape index (κ3) is 3.74. The van der Waals surface area contributed by atoms with Gasteiger partial charge in [-0.25, -0.2) is 0 Å². The van der Waals surface area contributed by atoms with E-state index in [0.717, 1.165) is 29.2 Å². The largest absolute Gasteiger partial charge is 0.496 e. The summed E-state index contributed by atoms with van der Waals surface area (Å²) in [5.41, 5.74) is 4.22. The fourth-order valence-electron chi connectivity index (χ4n) is 2.58. The van der Waals surface area contributed by atoms with Gasteiger partial charge in [0.2, 0.25) is 0 Å². The van der Waals surface area contributed by atoms with Gasteiger partial charge in [-0.15, -0.1) is 0 Å². The monoisotopic (exact) mass is 304 g/mol. The Balaban J connectivity index is 2.55. The summed E-state index contributed by atoms with van der Waals surface area (Å²) >= 11 is 6.17. The molecule has 2 rings (SSSR count). The Hall–Kier alpha value is -1.58. The Kier molecular flexibility index (Phi) is 5.21. The zero-order chi connectivity index (χ0) is 15.4. The molecule has 1 unspecified atom stereocenters. The normalized spacial score (nSPS) is 12.2. The van der Waals surface area contributed by atoms with E-state index in [-0.39, 0.29) is 6.04 Å². The number of halogens is 1. The molecule has 0 saturated heterocycles. The van der Waals surface area contributed by atoms with Gasteiger partial charge in [0.05, 0.1) is 13.2 Å². The van der Waals surface area contributed by atoms with Crippen LogP contribution in [-0.2, 0) is 0 Å². The fraction of sp³-hybridized carbons (Fsp3) is 0.353. The SMILES string of the molecule is CCNC(c1cc(C)nc(C)c1)c1cc(Cl)ccc1OC. The first-order valence-corrected chi connectivity index (χ1v) is 7.45. The lowest BCUT2D eigenvalue weighted by Gasteiger charge is -2.22. The Labute approximate surface area is 131 Å². The average molecular weight is 305 g/mol. The predicted molar refractivity (Wildman–Crippen MR) is 87.2 cm³/mol. The van der Waals surface area contributed by atoms with E-state index in [9.17, 15) is 0 Å². The van der Waals surface area contributed by atoms with Crippen molar-refractivity contribution >= 4 is 11.6 Å². The molecule has 0 aliphatic carbocycles. The lowest BCUT2D eigenvalue weighted by Crippen LogP contribution is -2.23. The minimum Gasteiger partial charge on any atom is -0.496 e. The second-order valence-corrected chi connectivity index (χ2v) is 5.50. The molecule has 0 amide bonds. The van der Waals surface area contributed by atoms with Crippen molar-refractivity contribution in [1.82, 2.24) is 10.3 Å². The van der Waals surface area contributed by atoms with Crippen molar-refractivity contribution in [2.75, 3.05) is 13.7 Å². The zero-order valence-corrected chi connectivity index (χ0v) is 13.7. The van der Waals surface area contributed by atoms with Gasteiger partial charge < -0.3 is 10.1 Å². The van der Waals surface area contributed by atoms with Crippen LogP contribution in [0, 0.1) is 13.8 Å². The van der Waals surface area contributed by atoms with Crippen molar-refractivity contribution in [3.63, 3.8) is 0 Å². The molecule has 1 aromatic carbocycles. The van der Waals surface area contributed by atoms with Crippen LogP contribution < -0.4 is 10.1 Å². The number of nitrogens with one attached hydrogen (secondary N) is 1. The van der Waals surface area contributed by atoms with Crippen molar-refractivity contribution in [2.45, 2.75) is 26.8 Å². The maximum Gasteiger partial charge on any atom is 0.124 e. The minimum absolute atomic E-state index is 0.0315. The van der Waals surface area contributed by atoms with Crippen molar-refractivity contribution < 1.29 is 4.74 Å². The number of pyridine rings is 1. The molecule has 3 nitrogen and oxygen atoms in total. The summed E-state index contributed by atoms with van der Waals surface area (Å²) in [5.74, 6) is 0.831. The Morgan fingerprint density at radius 1 is 1.19 bits per heavy atom. The van der Waals surface area contributed by atoms with Crippen LogP contribution in [0.15, 0.2) is 30.3 Å². The van der Waals surface area contributed by atoms with E-state index in [1.54, 1.807) is 7.11 Å². The van der Waals surface area contributed by atoms with Crippen molar-refractivity contribution in [1.29, 1.82) is 0 Å². The topological polar surface area (TPSA) is 34.2 Å². The first-order chi connectivity index (χ1) is 10.0. The van der Waals surface area contributed by atoms with E-state index in [2.05, 4.69) is 29.4 Å². The summed E-state index contributed by atoms with van der Waals surface area (Å²) in [6.45, 7) is 6.95. The maximum atomic E-state index is 6.17. The number of aryl methyl sites for hydroxylation is 2. The van der Waals surface area contributed by atoms with Gasteiger partial charge in [-0.1, -0.05) is 18.5 Å². The summed E-state index contributed by atoms with van der Waals surface area (Å²) in [6, 6.07) is 9.93. The highest BCUT2D eigenvalue weighted by Crippen LogP contribution is 2.32. The van der Waals surface area contributed by atoms with Crippen molar-refractivity contribution in [3.05, 3.63) is 57.9 Å². The molecule has 1 aromatic heterocycles. The van der Waals surface area contributed by atoms with Crippen LogP contribution in [-0.4, -0.2) is 18.6 Å². The van der Waals surface area contributed by atoms with Crippen LogP contribution in [0.2, 0.25) is 5.02 Å². The van der Waals surface area contributed by atoms with Crippen LogP contribution in [0.3, 0.4) is 0 Å². The van der Waals surface area contributed by atoms with Crippen LogP contribution >= 0.6 is 11.6 Å². The third-order valence-corrected chi connectivity index (χ3v) is 3.58. The number of benzene rings is 1. The van der Waals surface area contributed by atoms with Gasteiger partial charge in [-0.2, -0.15) is 0 Å². The van der Waals surface area contributed by atoms with Crippen LogP contribution in [0.25, 0.3) is 0 Å². The fourth-order valence-corrected chi connectivity index (χ4v) is 2.76. The molecule has 0 spiro atoms. The van der Waals surface area contributed by atoms with E-state index in [4.69, 9.17) is 16.3 Å². The number of hydrogen-bond acceptors (Lipinski definition) is 3. The number of rotatable bonds is 5. The number of nitrogens with zero attached hydrogens (tertiary/aromatic N) is 1. The molecule has 0 radical (unpaired) electrons. The van der Waals surface area contributed by atoms with E-state index in [0.29, 0.717) is 5.02 Å². The molecule has 4 heteroatoms. The second kappa shape index (κ2) is 6.92. The van der Waals surface area contributed by atoms with Crippen LogP contribution in [0.5, 0.6) is 5.75 Å². The average Bonchev–Trinajstić information content (AvgIpc) is 2.43. The van der Waals surface area contributed by atoms with E-state index >= 15 is 0 Å². The molecule has 1 N–H and O–H groups in total. The van der Waals surface area contributed by atoms with Gasteiger partial charge in [0.15, 0.2) is 0 Å². The molecule has 2 aromatic rings. The number of hydrogen-bond donors (Lipinski definition) is 1. The quantitative estimate of drug-likeness (QED) is 0.904. The molecular weight excluding hydrogens is 284 g/mol. The zero-order valence-electron chi connectivity index (χ0n) is 12.9. The smallest absolute Gasteiger partial charge is 0.124 e. The lowest BCUT2D eigenvalue weighted by molar-refractivity contribution is 0.404. The molecule has 21 heavy (non-hydrogen) atoms. The van der Waals surface area contributed by atoms with Crippen LogP contribution in [0.1, 0.15) is 35.5 Å². The number of methoxy groups -OCH3 is 1. The number of ether oxygens (including phenoxy) is 1.